The van der Waals surface area contributed by atoms with E-state index in [0.717, 1.165) is 16.9 Å². The zero-order valence-corrected chi connectivity index (χ0v) is 14.4. The molecule has 1 aliphatic heterocycles. The summed E-state index contributed by atoms with van der Waals surface area (Å²) in [4.78, 5) is 19.1. The summed E-state index contributed by atoms with van der Waals surface area (Å²) >= 11 is 6.25. The summed E-state index contributed by atoms with van der Waals surface area (Å²) in [6, 6.07) is 19.0. The third-order valence-electron chi connectivity index (χ3n) is 4.31. The number of carbonyl (C=O) groups excluding carboxylic acids is 1. The minimum absolute atomic E-state index is 0.0648. The minimum Gasteiger partial charge on any atom is -0.360 e. The standard InChI is InChI=1S/C20H16ClN3O/c1-13-9-10-14(12-17(13)21)23-19-18-16(8-5-11-22-18)20(25)24(19)15-6-3-2-4-7-15/h2-12,19,23H,1H3. The average Bonchev–Trinajstić information content (AvgIpc) is 2.91. The number of nitrogens with one attached hydrogen (secondary N) is 1. The van der Waals surface area contributed by atoms with E-state index >= 15 is 0 Å². The monoisotopic (exact) mass is 349 g/mol. The first-order valence-electron chi connectivity index (χ1n) is 8.01. The van der Waals surface area contributed by atoms with Crippen molar-refractivity contribution in [2.24, 2.45) is 0 Å². The first kappa shape index (κ1) is 15.7. The van der Waals surface area contributed by atoms with E-state index in [-0.39, 0.29) is 12.1 Å². The number of benzene rings is 2. The van der Waals surface area contributed by atoms with Crippen LogP contribution in [0.15, 0.2) is 66.9 Å². The van der Waals surface area contributed by atoms with Gasteiger partial charge in [0.1, 0.15) is 0 Å². The minimum atomic E-state index is -0.384. The summed E-state index contributed by atoms with van der Waals surface area (Å²) in [5, 5.41) is 4.08. The lowest BCUT2D eigenvalue weighted by Crippen LogP contribution is -2.32. The first-order valence-corrected chi connectivity index (χ1v) is 8.39. The second-order valence-electron chi connectivity index (χ2n) is 5.96. The number of aromatic nitrogens is 1. The molecule has 1 aromatic heterocycles. The number of halogens is 1. The number of anilines is 2. The molecule has 1 unspecified atom stereocenters. The predicted octanol–water partition coefficient (Wildman–Crippen LogP) is 4.81. The van der Waals surface area contributed by atoms with Gasteiger partial charge < -0.3 is 5.32 Å². The van der Waals surface area contributed by atoms with Gasteiger partial charge in [0, 0.05) is 22.6 Å². The molecule has 4 nitrogen and oxygen atoms in total. The van der Waals surface area contributed by atoms with Crippen molar-refractivity contribution in [1.29, 1.82) is 0 Å². The van der Waals surface area contributed by atoms with Gasteiger partial charge in [-0.15, -0.1) is 0 Å². The van der Waals surface area contributed by atoms with Crippen LogP contribution in [0.2, 0.25) is 5.02 Å². The Morgan fingerprint density at radius 3 is 2.64 bits per heavy atom. The van der Waals surface area contributed by atoms with Crippen molar-refractivity contribution in [3.8, 4) is 0 Å². The molecule has 0 radical (unpaired) electrons. The highest BCUT2D eigenvalue weighted by Gasteiger charge is 2.38. The molecule has 124 valence electrons. The van der Waals surface area contributed by atoms with Crippen LogP contribution in [0.25, 0.3) is 0 Å². The number of pyridine rings is 1. The van der Waals surface area contributed by atoms with Crippen LogP contribution in [0.4, 0.5) is 11.4 Å². The van der Waals surface area contributed by atoms with E-state index in [9.17, 15) is 4.79 Å². The Balaban J connectivity index is 1.78. The molecule has 0 bridgehead atoms. The lowest BCUT2D eigenvalue weighted by Gasteiger charge is -2.26. The normalized spacial score (nSPS) is 16.0. The summed E-state index contributed by atoms with van der Waals surface area (Å²) in [5.74, 6) is -0.0648. The van der Waals surface area contributed by atoms with Crippen molar-refractivity contribution in [1.82, 2.24) is 4.98 Å². The predicted molar refractivity (Wildman–Crippen MR) is 100 cm³/mol. The van der Waals surface area contributed by atoms with Gasteiger partial charge in [-0.05, 0) is 48.9 Å². The average molecular weight is 350 g/mol. The maximum absolute atomic E-state index is 12.9. The number of rotatable bonds is 3. The van der Waals surface area contributed by atoms with Crippen molar-refractivity contribution in [2.45, 2.75) is 13.1 Å². The van der Waals surface area contributed by atoms with Gasteiger partial charge in [-0.1, -0.05) is 35.9 Å². The molecule has 2 aromatic carbocycles. The van der Waals surface area contributed by atoms with Crippen LogP contribution < -0.4 is 10.2 Å². The van der Waals surface area contributed by atoms with Crippen LogP contribution in [-0.4, -0.2) is 10.9 Å². The molecule has 25 heavy (non-hydrogen) atoms. The maximum Gasteiger partial charge on any atom is 0.262 e. The van der Waals surface area contributed by atoms with E-state index in [1.807, 2.05) is 61.5 Å². The Kier molecular flexibility index (Phi) is 3.90. The van der Waals surface area contributed by atoms with E-state index in [1.165, 1.54) is 0 Å². The molecule has 4 rings (SSSR count). The van der Waals surface area contributed by atoms with Gasteiger partial charge in [0.25, 0.3) is 5.91 Å². The number of hydrogen-bond donors (Lipinski definition) is 1. The molecule has 3 aromatic rings. The van der Waals surface area contributed by atoms with Crippen molar-refractivity contribution in [2.75, 3.05) is 10.2 Å². The lowest BCUT2D eigenvalue weighted by molar-refractivity contribution is 0.0993. The van der Waals surface area contributed by atoms with E-state index in [1.54, 1.807) is 17.2 Å². The molecule has 0 spiro atoms. The van der Waals surface area contributed by atoms with Gasteiger partial charge in [-0.2, -0.15) is 0 Å². The van der Waals surface area contributed by atoms with Crippen LogP contribution in [0.1, 0.15) is 27.8 Å². The van der Waals surface area contributed by atoms with Gasteiger partial charge in [-0.3, -0.25) is 14.7 Å². The molecule has 0 saturated carbocycles. The summed E-state index contributed by atoms with van der Waals surface area (Å²) in [6.45, 7) is 1.96. The number of fused-ring (bicyclic) bond motifs is 1. The first-order chi connectivity index (χ1) is 12.1. The van der Waals surface area contributed by atoms with Gasteiger partial charge in [0.05, 0.1) is 11.3 Å². The summed E-state index contributed by atoms with van der Waals surface area (Å²) in [7, 11) is 0. The van der Waals surface area contributed by atoms with Crippen LogP contribution in [0, 0.1) is 6.92 Å². The fraction of sp³-hybridized carbons (Fsp3) is 0.100. The number of para-hydroxylation sites is 1. The molecular formula is C20H16ClN3O. The molecule has 1 amide bonds. The fourth-order valence-corrected chi connectivity index (χ4v) is 3.19. The molecule has 0 aliphatic carbocycles. The third-order valence-corrected chi connectivity index (χ3v) is 4.72. The van der Waals surface area contributed by atoms with Crippen molar-refractivity contribution < 1.29 is 4.79 Å². The van der Waals surface area contributed by atoms with Gasteiger partial charge in [-0.25, -0.2) is 0 Å². The second-order valence-corrected chi connectivity index (χ2v) is 6.36. The van der Waals surface area contributed by atoms with Crippen LogP contribution in [0.5, 0.6) is 0 Å². The molecule has 1 aliphatic rings. The summed E-state index contributed by atoms with van der Waals surface area (Å²) in [5.41, 5.74) is 4.00. The number of nitrogens with zero attached hydrogens (tertiary/aromatic N) is 2. The Hall–Kier alpha value is -2.85. The molecule has 1 N–H and O–H groups in total. The van der Waals surface area contributed by atoms with E-state index in [4.69, 9.17) is 11.6 Å². The van der Waals surface area contributed by atoms with Crippen molar-refractivity contribution in [3.63, 3.8) is 0 Å². The second kappa shape index (κ2) is 6.22. The highest BCUT2D eigenvalue weighted by atomic mass is 35.5. The molecule has 0 fully saturated rings. The molecule has 0 saturated heterocycles. The highest BCUT2D eigenvalue weighted by molar-refractivity contribution is 6.31. The molecular weight excluding hydrogens is 334 g/mol. The van der Waals surface area contributed by atoms with Crippen LogP contribution >= 0.6 is 11.6 Å². The van der Waals surface area contributed by atoms with E-state index in [0.29, 0.717) is 16.3 Å². The maximum atomic E-state index is 12.9. The Morgan fingerprint density at radius 1 is 1.08 bits per heavy atom. The van der Waals surface area contributed by atoms with Crippen LogP contribution in [0.3, 0.4) is 0 Å². The van der Waals surface area contributed by atoms with E-state index in [2.05, 4.69) is 10.3 Å². The Labute approximate surface area is 151 Å². The highest BCUT2D eigenvalue weighted by Crippen LogP contribution is 2.37. The topological polar surface area (TPSA) is 45.2 Å². The summed E-state index contributed by atoms with van der Waals surface area (Å²) < 4.78 is 0. The number of amides is 1. The smallest absolute Gasteiger partial charge is 0.262 e. The van der Waals surface area contributed by atoms with Crippen LogP contribution in [-0.2, 0) is 0 Å². The molecule has 5 heteroatoms. The Bertz CT molecular complexity index is 943. The zero-order valence-electron chi connectivity index (χ0n) is 13.6. The third kappa shape index (κ3) is 2.75. The van der Waals surface area contributed by atoms with E-state index < -0.39 is 0 Å². The quantitative estimate of drug-likeness (QED) is 0.737. The van der Waals surface area contributed by atoms with Gasteiger partial charge in [0.2, 0.25) is 0 Å². The molecule has 2 heterocycles. The fourth-order valence-electron chi connectivity index (χ4n) is 3.01. The Morgan fingerprint density at radius 2 is 1.88 bits per heavy atom. The zero-order chi connectivity index (χ0) is 17.4. The number of aryl methyl sites for hydroxylation is 1. The lowest BCUT2D eigenvalue weighted by atomic mass is 10.2. The summed E-state index contributed by atoms with van der Waals surface area (Å²) in [6.07, 6.45) is 1.32. The van der Waals surface area contributed by atoms with Gasteiger partial charge >= 0.3 is 0 Å². The SMILES string of the molecule is Cc1ccc(NC2c3ncccc3C(=O)N2c2ccccc2)cc1Cl. The largest absolute Gasteiger partial charge is 0.360 e. The molecule has 1 atom stereocenters. The van der Waals surface area contributed by atoms with Crippen molar-refractivity contribution in [3.05, 3.63) is 88.7 Å². The van der Waals surface area contributed by atoms with Crippen molar-refractivity contribution >= 4 is 28.9 Å². The number of carbonyl (C=O) groups is 1. The van der Waals surface area contributed by atoms with Gasteiger partial charge in [0.15, 0.2) is 6.17 Å². The number of hydrogen-bond acceptors (Lipinski definition) is 3.